The summed E-state index contributed by atoms with van der Waals surface area (Å²) in [6, 6.07) is 4.34. The molecule has 1 fully saturated rings. The molecule has 2 rings (SSSR count). The molecule has 0 saturated carbocycles. The molecule has 0 bridgehead atoms. The number of rotatable bonds is 5. The van der Waals surface area contributed by atoms with Gasteiger partial charge >= 0.3 is 0 Å². The van der Waals surface area contributed by atoms with E-state index in [4.69, 9.17) is 4.74 Å². The van der Waals surface area contributed by atoms with E-state index >= 15 is 0 Å². The predicted molar refractivity (Wildman–Crippen MR) is 64.9 cm³/mol. The van der Waals surface area contributed by atoms with Gasteiger partial charge < -0.3 is 10.1 Å². The fourth-order valence-corrected chi connectivity index (χ4v) is 2.55. The van der Waals surface area contributed by atoms with Crippen molar-refractivity contribution in [2.24, 2.45) is 0 Å². The average Bonchev–Trinajstić information content (AvgIpc) is 2.81. The van der Waals surface area contributed by atoms with E-state index in [0.29, 0.717) is 25.2 Å². The van der Waals surface area contributed by atoms with Crippen molar-refractivity contribution in [1.82, 2.24) is 5.32 Å². The summed E-state index contributed by atoms with van der Waals surface area (Å²) in [4.78, 5) is 13.0. The normalized spacial score (nSPS) is 20.9. The fourth-order valence-electron chi connectivity index (χ4n) is 1.85. The Morgan fingerprint density at radius 3 is 3.25 bits per heavy atom. The highest BCUT2D eigenvalue weighted by atomic mass is 32.1. The summed E-state index contributed by atoms with van der Waals surface area (Å²) in [7, 11) is 0. The maximum absolute atomic E-state index is 11.7. The monoisotopic (exact) mass is 239 g/mol. The number of carbonyl (C=O) groups excluding carboxylic acids is 1. The first-order valence-corrected chi connectivity index (χ1v) is 6.58. The van der Waals surface area contributed by atoms with Crippen LogP contribution < -0.4 is 5.32 Å². The number of nitrogens with one attached hydrogen (secondary N) is 1. The van der Waals surface area contributed by atoms with Crippen molar-refractivity contribution in [3.63, 3.8) is 0 Å². The van der Waals surface area contributed by atoms with E-state index in [0.717, 1.165) is 19.6 Å². The molecular weight excluding hydrogens is 222 g/mol. The number of hydrogen-bond donors (Lipinski definition) is 1. The second-order valence-corrected chi connectivity index (χ2v) is 5.08. The Balaban J connectivity index is 1.67. The summed E-state index contributed by atoms with van der Waals surface area (Å²) in [5.41, 5.74) is 0. The summed E-state index contributed by atoms with van der Waals surface area (Å²) in [6.07, 6.45) is 2.13. The lowest BCUT2D eigenvalue weighted by Gasteiger charge is -2.23. The van der Waals surface area contributed by atoms with Gasteiger partial charge in [-0.05, 0) is 17.9 Å². The molecule has 0 spiro atoms. The Hall–Kier alpha value is -0.710. The highest BCUT2D eigenvalue weighted by Gasteiger charge is 2.16. The minimum atomic E-state index is 0.226. The van der Waals surface area contributed by atoms with Gasteiger partial charge in [-0.3, -0.25) is 4.79 Å². The molecule has 1 aliphatic rings. The molecule has 4 heteroatoms. The standard InChI is InChI=1S/C12H17NO2S/c14-11(3-4-12-2-1-7-16-12)8-10-9-15-6-5-13-10/h1-2,7,10,13H,3-6,8-9H2. The Labute approximate surface area is 99.8 Å². The van der Waals surface area contributed by atoms with Crippen molar-refractivity contribution in [2.75, 3.05) is 19.8 Å². The van der Waals surface area contributed by atoms with Gasteiger partial charge in [0.05, 0.1) is 13.2 Å². The maximum Gasteiger partial charge on any atom is 0.134 e. The minimum Gasteiger partial charge on any atom is -0.379 e. The zero-order valence-corrected chi connectivity index (χ0v) is 10.1. The van der Waals surface area contributed by atoms with Crippen LogP contribution in [0.1, 0.15) is 17.7 Å². The molecule has 0 aliphatic carbocycles. The van der Waals surface area contributed by atoms with Gasteiger partial charge in [0.25, 0.3) is 0 Å². The van der Waals surface area contributed by atoms with Crippen molar-refractivity contribution in [3.8, 4) is 0 Å². The zero-order valence-electron chi connectivity index (χ0n) is 9.28. The van der Waals surface area contributed by atoms with Gasteiger partial charge in [-0.15, -0.1) is 11.3 Å². The van der Waals surface area contributed by atoms with E-state index in [1.54, 1.807) is 11.3 Å². The number of Topliss-reactive ketones (excluding diaryl/α,β-unsaturated/α-hetero) is 1. The molecule has 3 nitrogen and oxygen atoms in total. The highest BCUT2D eigenvalue weighted by molar-refractivity contribution is 7.09. The van der Waals surface area contributed by atoms with Crippen LogP contribution in [0.3, 0.4) is 0 Å². The van der Waals surface area contributed by atoms with Crippen LogP contribution in [-0.2, 0) is 16.0 Å². The molecule has 16 heavy (non-hydrogen) atoms. The zero-order chi connectivity index (χ0) is 11.2. The maximum atomic E-state index is 11.7. The average molecular weight is 239 g/mol. The molecule has 88 valence electrons. The first-order valence-electron chi connectivity index (χ1n) is 5.70. The SMILES string of the molecule is O=C(CCc1cccs1)CC1COCCN1. The summed E-state index contributed by atoms with van der Waals surface area (Å²) in [5, 5.41) is 5.35. The van der Waals surface area contributed by atoms with Crippen molar-refractivity contribution in [1.29, 1.82) is 0 Å². The summed E-state index contributed by atoms with van der Waals surface area (Å²) >= 11 is 1.72. The van der Waals surface area contributed by atoms with Crippen LogP contribution in [0, 0.1) is 0 Å². The van der Waals surface area contributed by atoms with Crippen molar-refractivity contribution in [2.45, 2.75) is 25.3 Å². The molecule has 1 unspecified atom stereocenters. The van der Waals surface area contributed by atoms with Crippen molar-refractivity contribution < 1.29 is 9.53 Å². The van der Waals surface area contributed by atoms with Gasteiger partial charge in [-0.25, -0.2) is 0 Å². The quantitative estimate of drug-likeness (QED) is 0.848. The van der Waals surface area contributed by atoms with Crippen LogP contribution in [0.5, 0.6) is 0 Å². The number of aryl methyl sites for hydroxylation is 1. The van der Waals surface area contributed by atoms with Crippen LogP contribution in [0.25, 0.3) is 0 Å². The Kier molecular flexibility index (Phi) is 4.51. The largest absolute Gasteiger partial charge is 0.379 e. The first kappa shape index (κ1) is 11.8. The van der Waals surface area contributed by atoms with E-state index in [-0.39, 0.29) is 6.04 Å². The Morgan fingerprint density at radius 1 is 1.62 bits per heavy atom. The first-order chi connectivity index (χ1) is 7.84. The van der Waals surface area contributed by atoms with E-state index in [1.165, 1.54) is 4.88 Å². The summed E-state index contributed by atoms with van der Waals surface area (Å²) < 4.78 is 5.32. The molecule has 0 amide bonds. The third kappa shape index (κ3) is 3.70. The lowest BCUT2D eigenvalue weighted by Crippen LogP contribution is -2.42. The molecule has 1 aromatic rings. The van der Waals surface area contributed by atoms with Gasteiger partial charge in [-0.2, -0.15) is 0 Å². The summed E-state index contributed by atoms with van der Waals surface area (Å²) in [6.45, 7) is 2.30. The van der Waals surface area contributed by atoms with Crippen molar-refractivity contribution in [3.05, 3.63) is 22.4 Å². The minimum absolute atomic E-state index is 0.226. The molecule has 1 N–H and O–H groups in total. The van der Waals surface area contributed by atoms with Gasteiger partial charge in [0, 0.05) is 30.3 Å². The molecule has 1 saturated heterocycles. The topological polar surface area (TPSA) is 38.3 Å². The molecule has 1 atom stereocenters. The van der Waals surface area contributed by atoms with E-state index in [9.17, 15) is 4.79 Å². The number of ether oxygens (including phenoxy) is 1. The van der Waals surface area contributed by atoms with Gasteiger partial charge in [0.2, 0.25) is 0 Å². The van der Waals surface area contributed by atoms with Crippen LogP contribution in [0.4, 0.5) is 0 Å². The number of carbonyl (C=O) groups is 1. The molecular formula is C12H17NO2S. The molecule has 1 aliphatic heterocycles. The predicted octanol–water partition coefficient (Wildman–Crippen LogP) is 1.63. The second-order valence-electron chi connectivity index (χ2n) is 4.05. The van der Waals surface area contributed by atoms with Crippen LogP contribution in [-0.4, -0.2) is 31.6 Å². The number of thiophene rings is 1. The van der Waals surface area contributed by atoms with Crippen LogP contribution >= 0.6 is 11.3 Å². The van der Waals surface area contributed by atoms with Gasteiger partial charge in [0.1, 0.15) is 5.78 Å². The van der Waals surface area contributed by atoms with E-state index in [1.807, 2.05) is 6.07 Å². The third-order valence-corrected chi connectivity index (χ3v) is 3.64. The summed E-state index contributed by atoms with van der Waals surface area (Å²) in [5.74, 6) is 0.330. The lowest BCUT2D eigenvalue weighted by atomic mass is 10.1. The highest BCUT2D eigenvalue weighted by Crippen LogP contribution is 2.12. The van der Waals surface area contributed by atoms with Crippen LogP contribution in [0.15, 0.2) is 17.5 Å². The number of hydrogen-bond acceptors (Lipinski definition) is 4. The molecule has 0 radical (unpaired) electrons. The molecule has 1 aromatic heterocycles. The fraction of sp³-hybridized carbons (Fsp3) is 0.583. The van der Waals surface area contributed by atoms with Crippen molar-refractivity contribution >= 4 is 17.1 Å². The van der Waals surface area contributed by atoms with E-state index in [2.05, 4.69) is 16.8 Å². The second kappa shape index (κ2) is 6.13. The molecule has 2 heterocycles. The van der Waals surface area contributed by atoms with Crippen LogP contribution in [0.2, 0.25) is 0 Å². The van der Waals surface area contributed by atoms with Gasteiger partial charge in [0.15, 0.2) is 0 Å². The lowest BCUT2D eigenvalue weighted by molar-refractivity contribution is -0.120. The molecule has 0 aromatic carbocycles. The van der Waals surface area contributed by atoms with Gasteiger partial charge in [-0.1, -0.05) is 6.07 Å². The smallest absolute Gasteiger partial charge is 0.134 e. The number of morpholine rings is 1. The Morgan fingerprint density at radius 2 is 2.56 bits per heavy atom. The number of ketones is 1. The third-order valence-electron chi connectivity index (χ3n) is 2.70. The Bertz CT molecular complexity index is 318. The van der Waals surface area contributed by atoms with E-state index < -0.39 is 0 Å².